The molecule has 0 spiro atoms. The van der Waals surface area contributed by atoms with Gasteiger partial charge in [-0.2, -0.15) is 0 Å². The number of hydrogen-bond donors (Lipinski definition) is 1. The maximum atomic E-state index is 5.75. The van der Waals surface area contributed by atoms with Gasteiger partial charge in [0.1, 0.15) is 5.82 Å². The van der Waals surface area contributed by atoms with Crippen LogP contribution in [0.25, 0.3) is 0 Å². The molecule has 0 radical (unpaired) electrons. The van der Waals surface area contributed by atoms with Crippen molar-refractivity contribution in [1.82, 2.24) is 4.98 Å². The molecule has 1 atom stereocenters. The normalized spacial score (nSPS) is 19.5. The van der Waals surface area contributed by atoms with E-state index in [2.05, 4.69) is 24.0 Å². The van der Waals surface area contributed by atoms with Crippen molar-refractivity contribution in [3.8, 4) is 0 Å². The molecular weight excluding hydrogens is 226 g/mol. The van der Waals surface area contributed by atoms with Crippen LogP contribution in [-0.4, -0.2) is 31.8 Å². The Bertz CT molecular complexity index is 372. The predicted octanol–water partition coefficient (Wildman–Crippen LogP) is 1.58. The first-order valence-corrected chi connectivity index (χ1v) is 6.70. The van der Waals surface area contributed by atoms with Gasteiger partial charge >= 0.3 is 0 Å². The molecule has 1 aliphatic heterocycles. The van der Waals surface area contributed by atoms with Crippen molar-refractivity contribution in [2.75, 3.05) is 31.7 Å². The van der Waals surface area contributed by atoms with Crippen LogP contribution in [0, 0.1) is 5.92 Å². The first-order valence-electron chi connectivity index (χ1n) is 6.70. The highest BCUT2D eigenvalue weighted by atomic mass is 16.5. The summed E-state index contributed by atoms with van der Waals surface area (Å²) >= 11 is 0. The number of aromatic nitrogens is 1. The van der Waals surface area contributed by atoms with Gasteiger partial charge in [0.15, 0.2) is 0 Å². The highest BCUT2D eigenvalue weighted by Crippen LogP contribution is 2.23. The van der Waals surface area contributed by atoms with Crippen molar-refractivity contribution in [2.24, 2.45) is 11.7 Å². The van der Waals surface area contributed by atoms with E-state index < -0.39 is 0 Å². The molecule has 1 aromatic rings. The molecule has 1 aliphatic rings. The molecule has 0 aliphatic carbocycles. The molecule has 2 N–H and O–H groups in total. The number of pyridine rings is 1. The summed E-state index contributed by atoms with van der Waals surface area (Å²) in [6.45, 7) is 5.66. The molecule has 4 nitrogen and oxygen atoms in total. The zero-order valence-corrected chi connectivity index (χ0v) is 11.4. The van der Waals surface area contributed by atoms with Crippen molar-refractivity contribution in [2.45, 2.75) is 26.3 Å². The second-order valence-electron chi connectivity index (χ2n) is 4.94. The minimum Gasteiger partial charge on any atom is -0.384 e. The topological polar surface area (TPSA) is 51.4 Å². The number of nitrogens with two attached hydrogens (primary N) is 1. The number of rotatable bonds is 5. The Kier molecular flexibility index (Phi) is 4.55. The highest BCUT2D eigenvalue weighted by Gasteiger charge is 2.23. The minimum atomic E-state index is 0.581. The van der Waals surface area contributed by atoms with Gasteiger partial charge in [0, 0.05) is 38.4 Å². The van der Waals surface area contributed by atoms with Gasteiger partial charge in [-0.05, 0) is 30.5 Å². The number of anilines is 1. The van der Waals surface area contributed by atoms with Gasteiger partial charge < -0.3 is 15.4 Å². The zero-order chi connectivity index (χ0) is 13.0. The summed E-state index contributed by atoms with van der Waals surface area (Å²) in [5.41, 5.74) is 8.05. The van der Waals surface area contributed by atoms with Gasteiger partial charge in [0.2, 0.25) is 0 Å². The predicted molar refractivity (Wildman–Crippen MR) is 73.7 cm³/mol. The molecule has 4 heteroatoms. The maximum absolute atomic E-state index is 5.75. The second-order valence-corrected chi connectivity index (χ2v) is 4.94. The fraction of sp³-hybridized carbons (Fsp3) is 0.643. The molecule has 0 aromatic carbocycles. The van der Waals surface area contributed by atoms with Gasteiger partial charge in [0.05, 0.1) is 6.61 Å². The number of hydrogen-bond acceptors (Lipinski definition) is 4. The highest BCUT2D eigenvalue weighted by molar-refractivity contribution is 5.44. The third kappa shape index (κ3) is 3.00. The Hall–Kier alpha value is -1.13. The third-order valence-corrected chi connectivity index (χ3v) is 3.53. The smallest absolute Gasteiger partial charge is 0.129 e. The van der Waals surface area contributed by atoms with Crippen molar-refractivity contribution in [3.63, 3.8) is 0 Å². The average Bonchev–Trinajstić information content (AvgIpc) is 2.87. The summed E-state index contributed by atoms with van der Waals surface area (Å²) in [6.07, 6.45) is 2.14. The Morgan fingerprint density at radius 3 is 3.00 bits per heavy atom. The monoisotopic (exact) mass is 249 g/mol. The Morgan fingerprint density at radius 2 is 2.33 bits per heavy atom. The first kappa shape index (κ1) is 13.3. The molecule has 2 rings (SSSR count). The van der Waals surface area contributed by atoms with Gasteiger partial charge in [-0.1, -0.05) is 6.92 Å². The van der Waals surface area contributed by atoms with Crippen molar-refractivity contribution in [1.29, 1.82) is 0 Å². The van der Waals surface area contributed by atoms with Crippen molar-refractivity contribution in [3.05, 3.63) is 23.4 Å². The molecule has 0 bridgehead atoms. The second kappa shape index (κ2) is 6.16. The summed E-state index contributed by atoms with van der Waals surface area (Å²) in [6, 6.07) is 4.22. The van der Waals surface area contributed by atoms with E-state index in [1.54, 1.807) is 7.11 Å². The van der Waals surface area contributed by atoms with Crippen LogP contribution in [0.2, 0.25) is 0 Å². The van der Waals surface area contributed by atoms with Crippen LogP contribution >= 0.6 is 0 Å². The molecule has 1 fully saturated rings. The van der Waals surface area contributed by atoms with Crippen LogP contribution in [0.1, 0.15) is 24.6 Å². The lowest BCUT2D eigenvalue weighted by molar-refractivity contribution is 0.161. The average molecular weight is 249 g/mol. The van der Waals surface area contributed by atoms with Gasteiger partial charge in [0.25, 0.3) is 0 Å². The standard InChI is InChI=1S/C14H23N3O/c1-3-13-6-12(8-15)7-14(16-13)17-5-4-11(9-17)10-18-2/h6-7,11H,3-5,8-10,15H2,1-2H3. The summed E-state index contributed by atoms with van der Waals surface area (Å²) in [5.74, 6) is 1.71. The minimum absolute atomic E-state index is 0.581. The van der Waals surface area contributed by atoms with Crippen LogP contribution in [0.3, 0.4) is 0 Å². The fourth-order valence-electron chi connectivity index (χ4n) is 2.51. The van der Waals surface area contributed by atoms with Crippen LogP contribution in [0.15, 0.2) is 12.1 Å². The van der Waals surface area contributed by atoms with Gasteiger partial charge in [-0.3, -0.25) is 0 Å². The summed E-state index contributed by atoms with van der Waals surface area (Å²) in [5, 5.41) is 0. The lowest BCUT2D eigenvalue weighted by Gasteiger charge is -2.19. The van der Waals surface area contributed by atoms with Crippen LogP contribution in [-0.2, 0) is 17.7 Å². The molecule has 1 aromatic heterocycles. The van der Waals surface area contributed by atoms with Crippen LogP contribution in [0.4, 0.5) is 5.82 Å². The van der Waals surface area contributed by atoms with Gasteiger partial charge in [-0.15, -0.1) is 0 Å². The van der Waals surface area contributed by atoms with E-state index in [-0.39, 0.29) is 0 Å². The van der Waals surface area contributed by atoms with Gasteiger partial charge in [-0.25, -0.2) is 4.98 Å². The Morgan fingerprint density at radius 1 is 1.50 bits per heavy atom. The number of nitrogens with zero attached hydrogens (tertiary/aromatic N) is 2. The van der Waals surface area contributed by atoms with E-state index in [1.165, 1.54) is 12.0 Å². The zero-order valence-electron chi connectivity index (χ0n) is 11.4. The first-order chi connectivity index (χ1) is 8.76. The molecule has 100 valence electrons. The fourth-order valence-corrected chi connectivity index (χ4v) is 2.51. The van der Waals surface area contributed by atoms with E-state index in [1.807, 2.05) is 0 Å². The van der Waals surface area contributed by atoms with E-state index in [9.17, 15) is 0 Å². The Balaban J connectivity index is 2.13. The quantitative estimate of drug-likeness (QED) is 0.860. The summed E-state index contributed by atoms with van der Waals surface area (Å²) in [7, 11) is 1.77. The summed E-state index contributed by atoms with van der Waals surface area (Å²) in [4.78, 5) is 7.06. The molecule has 1 saturated heterocycles. The van der Waals surface area contributed by atoms with E-state index in [4.69, 9.17) is 15.5 Å². The van der Waals surface area contributed by atoms with E-state index in [0.29, 0.717) is 12.5 Å². The van der Waals surface area contributed by atoms with Crippen LogP contribution < -0.4 is 10.6 Å². The lowest BCUT2D eigenvalue weighted by Crippen LogP contribution is -2.22. The molecule has 0 saturated carbocycles. The summed E-state index contributed by atoms with van der Waals surface area (Å²) < 4.78 is 5.23. The molecular formula is C14H23N3O. The molecule has 2 heterocycles. The largest absolute Gasteiger partial charge is 0.384 e. The third-order valence-electron chi connectivity index (χ3n) is 3.53. The number of aryl methyl sites for hydroxylation is 1. The molecule has 0 amide bonds. The number of ether oxygens (including phenoxy) is 1. The SMILES string of the molecule is CCc1cc(CN)cc(N2CCC(COC)C2)n1. The Labute approximate surface area is 109 Å². The van der Waals surface area contributed by atoms with Crippen molar-refractivity contribution < 1.29 is 4.74 Å². The number of methoxy groups -OCH3 is 1. The van der Waals surface area contributed by atoms with E-state index in [0.717, 1.165) is 37.6 Å². The lowest BCUT2D eigenvalue weighted by atomic mass is 10.1. The molecule has 1 unspecified atom stereocenters. The van der Waals surface area contributed by atoms with Crippen LogP contribution in [0.5, 0.6) is 0 Å². The van der Waals surface area contributed by atoms with Crippen molar-refractivity contribution >= 4 is 5.82 Å². The van der Waals surface area contributed by atoms with E-state index >= 15 is 0 Å². The maximum Gasteiger partial charge on any atom is 0.129 e. The molecule has 18 heavy (non-hydrogen) atoms.